The Kier molecular flexibility index (Phi) is 8.30. The number of carbonyl (C=O) groups excluding carboxylic acids is 2. The van der Waals surface area contributed by atoms with Gasteiger partial charge in [-0.15, -0.1) is 0 Å². The summed E-state index contributed by atoms with van der Waals surface area (Å²) in [6.45, 7) is 1.77. The largest absolute Gasteiger partial charge is 0.483 e. The maximum atomic E-state index is 12.6. The lowest BCUT2D eigenvalue weighted by molar-refractivity contribution is -0.384. The molecule has 0 atom stereocenters. The fourth-order valence-electron chi connectivity index (χ4n) is 3.44. The highest BCUT2D eigenvalue weighted by molar-refractivity contribution is 5.95. The van der Waals surface area contributed by atoms with Crippen molar-refractivity contribution >= 4 is 23.3 Å². The number of ether oxygens (including phenoxy) is 3. The molecule has 0 aliphatic carbocycles. The lowest BCUT2D eigenvalue weighted by Crippen LogP contribution is -2.20. The highest BCUT2D eigenvalue weighted by Crippen LogP contribution is 2.24. The van der Waals surface area contributed by atoms with Crippen molar-refractivity contribution in [2.75, 3.05) is 11.9 Å². The lowest BCUT2D eigenvalue weighted by atomic mass is 10.2. The van der Waals surface area contributed by atoms with Crippen molar-refractivity contribution in [3.05, 3.63) is 124 Å². The van der Waals surface area contributed by atoms with Gasteiger partial charge in [-0.05, 0) is 66.6 Å². The van der Waals surface area contributed by atoms with Crippen molar-refractivity contribution in [2.45, 2.75) is 13.5 Å². The van der Waals surface area contributed by atoms with Crippen LogP contribution in [0.2, 0.25) is 0 Å². The molecule has 0 bridgehead atoms. The Morgan fingerprint density at radius 1 is 0.868 bits per heavy atom. The first-order valence-electron chi connectivity index (χ1n) is 11.6. The number of carbonyl (C=O) groups is 2. The quantitative estimate of drug-likeness (QED) is 0.156. The van der Waals surface area contributed by atoms with Gasteiger partial charge < -0.3 is 19.5 Å². The number of rotatable bonds is 10. The molecule has 4 aromatic rings. The molecule has 0 unspecified atom stereocenters. The Morgan fingerprint density at radius 2 is 1.55 bits per heavy atom. The van der Waals surface area contributed by atoms with E-state index in [0.717, 1.165) is 11.1 Å². The first-order chi connectivity index (χ1) is 18.4. The van der Waals surface area contributed by atoms with Gasteiger partial charge in [-0.2, -0.15) is 0 Å². The molecule has 0 spiro atoms. The van der Waals surface area contributed by atoms with E-state index in [-0.39, 0.29) is 24.8 Å². The molecule has 0 aromatic heterocycles. The summed E-state index contributed by atoms with van der Waals surface area (Å²) in [5.74, 6) is 0.733. The first-order valence-corrected chi connectivity index (χ1v) is 11.6. The van der Waals surface area contributed by atoms with Crippen LogP contribution in [0.3, 0.4) is 0 Å². The van der Waals surface area contributed by atoms with Crippen LogP contribution in [0.4, 0.5) is 11.4 Å². The lowest BCUT2D eigenvalue weighted by Gasteiger charge is -2.10. The molecule has 192 valence electrons. The van der Waals surface area contributed by atoms with E-state index in [1.54, 1.807) is 48.5 Å². The number of nitro benzene ring substituents is 1. The van der Waals surface area contributed by atoms with E-state index in [9.17, 15) is 19.7 Å². The summed E-state index contributed by atoms with van der Waals surface area (Å²) in [5, 5.41) is 13.5. The number of anilines is 1. The second-order valence-electron chi connectivity index (χ2n) is 8.26. The Morgan fingerprint density at radius 3 is 2.24 bits per heavy atom. The predicted molar refractivity (Wildman–Crippen MR) is 140 cm³/mol. The SMILES string of the molecule is Cc1ccccc1OCC(=O)Nc1cccc(C(=O)OCc2ccc(Oc3ccc([N+](=O)[O-])cc3)cc2)c1. The third-order valence-corrected chi connectivity index (χ3v) is 5.41. The summed E-state index contributed by atoms with van der Waals surface area (Å²) in [7, 11) is 0. The van der Waals surface area contributed by atoms with Crippen molar-refractivity contribution in [3.8, 4) is 17.2 Å². The van der Waals surface area contributed by atoms with Gasteiger partial charge in [0.15, 0.2) is 6.61 Å². The second-order valence-corrected chi connectivity index (χ2v) is 8.26. The summed E-state index contributed by atoms with van der Waals surface area (Å²) in [6.07, 6.45) is 0. The van der Waals surface area contributed by atoms with Crippen LogP contribution < -0.4 is 14.8 Å². The van der Waals surface area contributed by atoms with E-state index in [2.05, 4.69) is 5.32 Å². The number of hydrogen-bond acceptors (Lipinski definition) is 7. The van der Waals surface area contributed by atoms with Gasteiger partial charge >= 0.3 is 5.97 Å². The molecule has 4 rings (SSSR count). The van der Waals surface area contributed by atoms with Gasteiger partial charge in [-0.3, -0.25) is 14.9 Å². The van der Waals surface area contributed by atoms with Crippen molar-refractivity contribution in [1.82, 2.24) is 0 Å². The average Bonchev–Trinajstić information content (AvgIpc) is 2.92. The van der Waals surface area contributed by atoms with Crippen LogP contribution in [0.1, 0.15) is 21.5 Å². The highest BCUT2D eigenvalue weighted by atomic mass is 16.6. The van der Waals surface area contributed by atoms with Gasteiger partial charge in [-0.1, -0.05) is 36.4 Å². The topological polar surface area (TPSA) is 117 Å². The van der Waals surface area contributed by atoms with Crippen LogP contribution in [0, 0.1) is 17.0 Å². The number of aryl methyl sites for hydroxylation is 1. The summed E-state index contributed by atoms with van der Waals surface area (Å²) in [6, 6.07) is 26.5. The molecule has 0 aliphatic heterocycles. The van der Waals surface area contributed by atoms with Gasteiger partial charge in [0.05, 0.1) is 10.5 Å². The molecule has 4 aromatic carbocycles. The molecule has 0 saturated heterocycles. The summed E-state index contributed by atoms with van der Waals surface area (Å²) >= 11 is 0. The Hall–Kier alpha value is -5.18. The van der Waals surface area contributed by atoms with Gasteiger partial charge in [0.1, 0.15) is 23.9 Å². The number of nitrogens with zero attached hydrogens (tertiary/aromatic N) is 1. The minimum atomic E-state index is -0.538. The summed E-state index contributed by atoms with van der Waals surface area (Å²) in [5.41, 5.74) is 2.39. The number of non-ortho nitro benzene ring substituents is 1. The van der Waals surface area contributed by atoms with E-state index in [1.165, 1.54) is 30.3 Å². The number of nitro groups is 1. The molecule has 1 amide bonds. The maximum absolute atomic E-state index is 12.6. The van der Waals surface area contributed by atoms with Gasteiger partial charge in [0.25, 0.3) is 11.6 Å². The molecule has 1 N–H and O–H groups in total. The second kappa shape index (κ2) is 12.2. The maximum Gasteiger partial charge on any atom is 0.338 e. The van der Waals surface area contributed by atoms with Crippen molar-refractivity contribution in [2.24, 2.45) is 0 Å². The number of amides is 1. The zero-order valence-electron chi connectivity index (χ0n) is 20.5. The number of nitrogens with one attached hydrogen (secondary N) is 1. The third-order valence-electron chi connectivity index (χ3n) is 5.41. The van der Waals surface area contributed by atoms with E-state index in [0.29, 0.717) is 28.5 Å². The monoisotopic (exact) mass is 512 g/mol. The predicted octanol–water partition coefficient (Wildman–Crippen LogP) is 6.07. The average molecular weight is 513 g/mol. The molecule has 0 radical (unpaired) electrons. The van der Waals surface area contributed by atoms with Gasteiger partial charge in [0, 0.05) is 17.8 Å². The smallest absolute Gasteiger partial charge is 0.338 e. The van der Waals surface area contributed by atoms with Crippen molar-refractivity contribution in [1.29, 1.82) is 0 Å². The molecule has 38 heavy (non-hydrogen) atoms. The third kappa shape index (κ3) is 7.17. The summed E-state index contributed by atoms with van der Waals surface area (Å²) < 4.78 is 16.6. The van der Waals surface area contributed by atoms with Crippen LogP contribution in [0.25, 0.3) is 0 Å². The Balaban J connectivity index is 1.27. The number of benzene rings is 4. The number of para-hydroxylation sites is 1. The Bertz CT molecular complexity index is 1430. The van der Waals surface area contributed by atoms with Gasteiger partial charge in [-0.25, -0.2) is 4.79 Å². The molecule has 9 heteroatoms. The number of esters is 1. The minimum absolute atomic E-state index is 0.0189. The fraction of sp³-hybridized carbons (Fsp3) is 0.103. The van der Waals surface area contributed by atoms with E-state index >= 15 is 0 Å². The van der Waals surface area contributed by atoms with Crippen LogP contribution in [-0.4, -0.2) is 23.4 Å². The molecule has 0 fully saturated rings. The van der Waals surface area contributed by atoms with Crippen LogP contribution in [0.5, 0.6) is 17.2 Å². The van der Waals surface area contributed by atoms with Gasteiger partial charge in [0.2, 0.25) is 0 Å². The molecule has 0 aliphatic rings. The van der Waals surface area contributed by atoms with Crippen molar-refractivity contribution in [3.63, 3.8) is 0 Å². The normalized spacial score (nSPS) is 10.3. The standard InChI is InChI=1S/C29H24N2O7/c1-20-5-2-3-8-27(20)36-19-28(32)30-23-7-4-6-22(17-23)29(33)37-18-21-9-13-25(14-10-21)38-26-15-11-24(12-16-26)31(34)35/h2-17H,18-19H2,1H3,(H,30,32). The molecular weight excluding hydrogens is 488 g/mol. The Labute approximate surface area is 218 Å². The fourth-order valence-corrected chi connectivity index (χ4v) is 3.44. The zero-order valence-corrected chi connectivity index (χ0v) is 20.5. The molecule has 0 saturated carbocycles. The van der Waals surface area contributed by atoms with E-state index in [4.69, 9.17) is 14.2 Å². The molecule has 0 heterocycles. The highest BCUT2D eigenvalue weighted by Gasteiger charge is 2.11. The van der Waals surface area contributed by atoms with Crippen LogP contribution >= 0.6 is 0 Å². The number of hydrogen-bond donors (Lipinski definition) is 1. The first kappa shape index (κ1) is 25.9. The van der Waals surface area contributed by atoms with Crippen LogP contribution in [0.15, 0.2) is 97.1 Å². The van der Waals surface area contributed by atoms with Crippen LogP contribution in [-0.2, 0) is 16.1 Å². The van der Waals surface area contributed by atoms with E-state index in [1.807, 2.05) is 25.1 Å². The molecule has 9 nitrogen and oxygen atoms in total. The molecular formula is C29H24N2O7. The van der Waals surface area contributed by atoms with E-state index < -0.39 is 10.9 Å². The zero-order chi connectivity index (χ0) is 26.9. The minimum Gasteiger partial charge on any atom is -0.483 e. The van der Waals surface area contributed by atoms with Crippen molar-refractivity contribution < 1.29 is 28.7 Å². The summed E-state index contributed by atoms with van der Waals surface area (Å²) in [4.78, 5) is 35.1.